The van der Waals surface area contributed by atoms with Crippen molar-refractivity contribution in [3.05, 3.63) is 40.2 Å². The lowest BCUT2D eigenvalue weighted by Crippen LogP contribution is -2.39. The molecule has 1 fully saturated rings. The molecule has 2 aliphatic heterocycles. The van der Waals surface area contributed by atoms with Crippen LogP contribution >= 0.6 is 11.6 Å². The number of ether oxygens (including phenoxy) is 2. The highest BCUT2D eigenvalue weighted by Gasteiger charge is 2.46. The smallest absolute Gasteiger partial charge is 0.255 e. The van der Waals surface area contributed by atoms with Gasteiger partial charge in [0.1, 0.15) is 5.15 Å². The summed E-state index contributed by atoms with van der Waals surface area (Å²) in [5, 5.41) is 0.465. The van der Waals surface area contributed by atoms with Crippen LogP contribution in [0.25, 0.3) is 0 Å². The van der Waals surface area contributed by atoms with Crippen LogP contribution in [-0.2, 0) is 14.9 Å². The van der Waals surface area contributed by atoms with Gasteiger partial charge in [0.25, 0.3) is 5.91 Å². The van der Waals surface area contributed by atoms with E-state index in [0.29, 0.717) is 30.5 Å². The molecule has 3 aliphatic rings. The maximum Gasteiger partial charge on any atom is 0.255 e. The molecule has 1 aromatic heterocycles. The van der Waals surface area contributed by atoms with Crippen molar-refractivity contribution in [2.45, 2.75) is 37.4 Å². The third-order valence-corrected chi connectivity index (χ3v) is 5.83. The fourth-order valence-corrected chi connectivity index (χ4v) is 4.03. The predicted octanol–water partition coefficient (Wildman–Crippen LogP) is 2.85. The van der Waals surface area contributed by atoms with Crippen molar-refractivity contribution in [2.75, 3.05) is 26.8 Å². The minimum Gasteiger partial charge on any atom is -0.344 e. The van der Waals surface area contributed by atoms with Gasteiger partial charge in [0.15, 0.2) is 5.79 Å². The van der Waals surface area contributed by atoms with E-state index >= 15 is 0 Å². The number of hydrogen-bond acceptors (Lipinski definition) is 4. The van der Waals surface area contributed by atoms with E-state index in [1.807, 2.05) is 26.1 Å². The van der Waals surface area contributed by atoms with Crippen molar-refractivity contribution in [3.63, 3.8) is 0 Å². The third-order valence-electron chi connectivity index (χ3n) is 5.45. The Morgan fingerprint density at radius 2 is 1.96 bits per heavy atom. The Morgan fingerprint density at radius 1 is 1.21 bits per heavy atom. The van der Waals surface area contributed by atoms with Crippen LogP contribution in [0, 0.1) is 6.92 Å². The Hall–Kier alpha value is -1.43. The molecular formula is C18H21ClN2O3. The molecule has 0 bridgehead atoms. The topological polar surface area (TPSA) is 51.7 Å². The molecule has 24 heavy (non-hydrogen) atoms. The zero-order chi connectivity index (χ0) is 16.9. The van der Waals surface area contributed by atoms with E-state index in [-0.39, 0.29) is 11.3 Å². The van der Waals surface area contributed by atoms with Crippen molar-refractivity contribution >= 4 is 17.5 Å². The average molecular weight is 349 g/mol. The number of carbonyl (C=O) groups is 1. The Labute approximate surface area is 146 Å². The van der Waals surface area contributed by atoms with E-state index in [0.717, 1.165) is 30.5 Å². The third kappa shape index (κ3) is 2.38. The standard InChI is InChI=1S/C18H21ClN2O3/c1-12-11-13-14(20-15(12)19)17(7-8-21(2)16(13)22)3-5-18(6-4-17)23-9-10-24-18/h3,5,11H,4,6-10H2,1-2H3. The molecule has 1 amide bonds. The predicted molar refractivity (Wildman–Crippen MR) is 90.2 cm³/mol. The van der Waals surface area contributed by atoms with Gasteiger partial charge in [0.2, 0.25) is 0 Å². The first-order chi connectivity index (χ1) is 11.4. The quantitative estimate of drug-likeness (QED) is 0.534. The summed E-state index contributed by atoms with van der Waals surface area (Å²) in [7, 11) is 1.84. The van der Waals surface area contributed by atoms with Crippen LogP contribution in [0.1, 0.15) is 40.9 Å². The highest BCUT2D eigenvalue weighted by molar-refractivity contribution is 6.30. The van der Waals surface area contributed by atoms with Crippen molar-refractivity contribution < 1.29 is 14.3 Å². The molecule has 4 rings (SSSR count). The van der Waals surface area contributed by atoms with Gasteiger partial charge in [-0.3, -0.25) is 4.79 Å². The molecule has 1 aromatic rings. The molecule has 6 heteroatoms. The highest BCUT2D eigenvalue weighted by Crippen LogP contribution is 2.45. The van der Waals surface area contributed by atoms with Crippen LogP contribution in [0.5, 0.6) is 0 Å². The summed E-state index contributed by atoms with van der Waals surface area (Å²) in [6, 6.07) is 1.87. The van der Waals surface area contributed by atoms with Crippen LogP contribution in [0.3, 0.4) is 0 Å². The number of hydrogen-bond donors (Lipinski definition) is 0. The first kappa shape index (κ1) is 16.1. The number of nitrogens with zero attached hydrogens (tertiary/aromatic N) is 2. The summed E-state index contributed by atoms with van der Waals surface area (Å²) in [6.07, 6.45) is 6.55. The normalized spacial score (nSPS) is 28.5. The fourth-order valence-electron chi connectivity index (χ4n) is 3.89. The van der Waals surface area contributed by atoms with E-state index < -0.39 is 5.79 Å². The molecule has 0 N–H and O–H groups in total. The molecule has 1 atom stereocenters. The molecule has 1 aliphatic carbocycles. The van der Waals surface area contributed by atoms with Gasteiger partial charge in [-0.1, -0.05) is 17.7 Å². The van der Waals surface area contributed by atoms with Crippen molar-refractivity contribution in [3.8, 4) is 0 Å². The van der Waals surface area contributed by atoms with E-state index in [1.165, 1.54) is 0 Å². The van der Waals surface area contributed by atoms with Gasteiger partial charge >= 0.3 is 0 Å². The molecular weight excluding hydrogens is 328 g/mol. The second-order valence-electron chi connectivity index (χ2n) is 6.97. The number of carbonyl (C=O) groups excluding carboxylic acids is 1. The van der Waals surface area contributed by atoms with Gasteiger partial charge in [-0.05, 0) is 37.5 Å². The lowest BCUT2D eigenvalue weighted by molar-refractivity contribution is -0.128. The van der Waals surface area contributed by atoms with Crippen LogP contribution in [0.4, 0.5) is 0 Å². The number of aryl methyl sites for hydroxylation is 1. The first-order valence-corrected chi connectivity index (χ1v) is 8.74. The summed E-state index contributed by atoms with van der Waals surface area (Å²) in [4.78, 5) is 19.1. The molecule has 1 unspecified atom stereocenters. The summed E-state index contributed by atoms with van der Waals surface area (Å²) in [6.45, 7) is 3.81. The first-order valence-electron chi connectivity index (χ1n) is 8.36. The number of halogens is 1. The molecule has 0 radical (unpaired) electrons. The minimum atomic E-state index is -0.595. The number of fused-ring (bicyclic) bond motifs is 2. The number of amides is 1. The van der Waals surface area contributed by atoms with Gasteiger partial charge in [-0.15, -0.1) is 0 Å². The van der Waals surface area contributed by atoms with Crippen molar-refractivity contribution in [1.29, 1.82) is 0 Å². The Bertz CT molecular complexity index is 727. The minimum absolute atomic E-state index is 0.0104. The number of rotatable bonds is 0. The molecule has 5 nitrogen and oxygen atoms in total. The lowest BCUT2D eigenvalue weighted by Gasteiger charge is -2.38. The highest BCUT2D eigenvalue weighted by atomic mass is 35.5. The maximum absolute atomic E-state index is 12.7. The monoisotopic (exact) mass is 348 g/mol. The van der Waals surface area contributed by atoms with Gasteiger partial charge < -0.3 is 14.4 Å². The zero-order valence-corrected chi connectivity index (χ0v) is 14.7. The molecule has 2 spiro atoms. The van der Waals surface area contributed by atoms with E-state index in [1.54, 1.807) is 4.90 Å². The summed E-state index contributed by atoms with van der Waals surface area (Å²) < 4.78 is 11.6. The summed E-state index contributed by atoms with van der Waals surface area (Å²) >= 11 is 6.30. The summed E-state index contributed by atoms with van der Waals surface area (Å²) in [5.74, 6) is -0.585. The molecule has 3 heterocycles. The van der Waals surface area contributed by atoms with Crippen molar-refractivity contribution in [1.82, 2.24) is 9.88 Å². The second-order valence-corrected chi connectivity index (χ2v) is 7.33. The van der Waals surface area contributed by atoms with Gasteiger partial charge in [0, 0.05) is 25.4 Å². The zero-order valence-electron chi connectivity index (χ0n) is 14.0. The van der Waals surface area contributed by atoms with Crippen LogP contribution < -0.4 is 0 Å². The SMILES string of the molecule is Cc1cc2c(nc1Cl)C1(C=CC3(CC1)OCCO3)CCN(C)C2=O. The number of aromatic nitrogens is 1. The fraction of sp³-hybridized carbons (Fsp3) is 0.556. The largest absolute Gasteiger partial charge is 0.344 e. The van der Waals surface area contributed by atoms with E-state index in [4.69, 9.17) is 21.1 Å². The molecule has 0 aromatic carbocycles. The van der Waals surface area contributed by atoms with Crippen LogP contribution in [-0.4, -0.2) is 48.4 Å². The van der Waals surface area contributed by atoms with Gasteiger partial charge in [-0.2, -0.15) is 0 Å². The summed E-state index contributed by atoms with van der Waals surface area (Å²) in [5.41, 5.74) is 1.98. The van der Waals surface area contributed by atoms with E-state index in [9.17, 15) is 4.79 Å². The Balaban J connectivity index is 1.84. The lowest BCUT2D eigenvalue weighted by atomic mass is 9.71. The molecule has 0 saturated carbocycles. The van der Waals surface area contributed by atoms with Crippen LogP contribution in [0.2, 0.25) is 5.15 Å². The number of pyridine rings is 1. The number of allylic oxidation sites excluding steroid dienone is 1. The van der Waals surface area contributed by atoms with Crippen LogP contribution in [0.15, 0.2) is 18.2 Å². The van der Waals surface area contributed by atoms with E-state index in [2.05, 4.69) is 11.1 Å². The van der Waals surface area contributed by atoms with Gasteiger partial charge in [0.05, 0.1) is 24.5 Å². The Morgan fingerprint density at radius 3 is 2.62 bits per heavy atom. The second kappa shape index (κ2) is 5.55. The molecule has 1 saturated heterocycles. The average Bonchev–Trinajstić information content (AvgIpc) is 3.01. The van der Waals surface area contributed by atoms with Gasteiger partial charge in [-0.25, -0.2) is 4.98 Å². The van der Waals surface area contributed by atoms with Crippen molar-refractivity contribution in [2.24, 2.45) is 0 Å². The Kier molecular flexibility index (Phi) is 3.71. The molecule has 128 valence electrons. The maximum atomic E-state index is 12.7.